The molecule has 2 saturated carbocycles. The highest BCUT2D eigenvalue weighted by Gasteiger charge is 2.60. The number of fused-ring (bicyclic) bond motifs is 1. The standard InChI is InChI=1S/C14H22N2O4/c1-20-13-8-5-9-7-16(12(13)10(9)6-8)14(19)15-4-2-3-11(17)18/h8-10,12-13H,2-7H2,1H3,(H,15,19)(H,17,18)/t8-,9-,10-,12-,13+/m0/s1. The molecule has 1 aliphatic heterocycles. The van der Waals surface area contributed by atoms with Crippen molar-refractivity contribution in [2.75, 3.05) is 20.2 Å². The number of rotatable bonds is 5. The van der Waals surface area contributed by atoms with Crippen molar-refractivity contribution in [1.82, 2.24) is 10.2 Å². The molecule has 6 nitrogen and oxygen atoms in total. The zero-order valence-electron chi connectivity index (χ0n) is 11.7. The first-order valence-electron chi connectivity index (χ1n) is 7.41. The number of carbonyl (C=O) groups excluding carboxylic acids is 1. The van der Waals surface area contributed by atoms with Crippen molar-refractivity contribution >= 4 is 12.0 Å². The minimum Gasteiger partial charge on any atom is -0.481 e. The summed E-state index contributed by atoms with van der Waals surface area (Å²) in [7, 11) is 1.74. The number of nitrogens with one attached hydrogen (secondary N) is 1. The van der Waals surface area contributed by atoms with Gasteiger partial charge in [0.25, 0.3) is 0 Å². The number of likely N-dealkylation sites (tertiary alicyclic amines) is 1. The molecule has 5 atom stereocenters. The summed E-state index contributed by atoms with van der Waals surface area (Å²) in [5.74, 6) is 1.04. The third kappa shape index (κ3) is 2.16. The Morgan fingerprint density at radius 2 is 2.15 bits per heavy atom. The third-order valence-corrected chi connectivity index (χ3v) is 5.19. The molecule has 1 heterocycles. The van der Waals surface area contributed by atoms with Gasteiger partial charge in [-0.25, -0.2) is 4.79 Å². The lowest BCUT2D eigenvalue weighted by atomic mass is 9.88. The zero-order chi connectivity index (χ0) is 14.3. The first-order valence-corrected chi connectivity index (χ1v) is 7.41. The minimum absolute atomic E-state index is 0.0579. The van der Waals surface area contributed by atoms with E-state index < -0.39 is 5.97 Å². The SMILES string of the molecule is CO[C@@H]1[C@H]2C[C@H]3CN(C(=O)NCCCC(=O)O)[C@H]1[C@H]3C2. The Labute approximate surface area is 118 Å². The predicted molar refractivity (Wildman–Crippen MR) is 71.3 cm³/mol. The Hall–Kier alpha value is -1.30. The molecule has 0 radical (unpaired) electrons. The number of hydrogen-bond donors (Lipinski definition) is 2. The Kier molecular flexibility index (Phi) is 3.58. The number of aliphatic carboxylic acids is 1. The van der Waals surface area contributed by atoms with Crippen molar-refractivity contribution in [2.24, 2.45) is 17.8 Å². The van der Waals surface area contributed by atoms with Crippen molar-refractivity contribution in [3.05, 3.63) is 0 Å². The van der Waals surface area contributed by atoms with Gasteiger partial charge in [-0.1, -0.05) is 0 Å². The molecule has 20 heavy (non-hydrogen) atoms. The fourth-order valence-electron chi connectivity index (χ4n) is 4.49. The molecule has 3 fully saturated rings. The lowest BCUT2D eigenvalue weighted by Crippen LogP contribution is -2.48. The van der Waals surface area contributed by atoms with E-state index in [2.05, 4.69) is 5.32 Å². The van der Waals surface area contributed by atoms with Gasteiger partial charge < -0.3 is 20.1 Å². The van der Waals surface area contributed by atoms with E-state index >= 15 is 0 Å². The van der Waals surface area contributed by atoms with Crippen LogP contribution >= 0.6 is 0 Å². The van der Waals surface area contributed by atoms with Crippen LogP contribution in [0.5, 0.6) is 0 Å². The van der Waals surface area contributed by atoms with E-state index in [0.717, 1.165) is 6.54 Å². The van der Waals surface area contributed by atoms with Crippen molar-refractivity contribution < 1.29 is 19.4 Å². The van der Waals surface area contributed by atoms with Crippen LogP contribution in [0.3, 0.4) is 0 Å². The second-order valence-corrected chi connectivity index (χ2v) is 6.23. The Morgan fingerprint density at radius 1 is 1.35 bits per heavy atom. The largest absolute Gasteiger partial charge is 0.481 e. The summed E-state index contributed by atoms with van der Waals surface area (Å²) in [6, 6.07) is 0.167. The van der Waals surface area contributed by atoms with E-state index in [1.54, 1.807) is 7.11 Å². The lowest BCUT2D eigenvalue weighted by Gasteiger charge is -2.31. The van der Waals surface area contributed by atoms with Gasteiger partial charge in [0.15, 0.2) is 0 Å². The van der Waals surface area contributed by atoms with E-state index in [0.29, 0.717) is 30.7 Å². The van der Waals surface area contributed by atoms with Gasteiger partial charge in [0, 0.05) is 26.6 Å². The molecule has 2 amide bonds. The van der Waals surface area contributed by atoms with Crippen molar-refractivity contribution in [3.63, 3.8) is 0 Å². The molecule has 0 aromatic carbocycles. The van der Waals surface area contributed by atoms with E-state index in [4.69, 9.17) is 9.84 Å². The summed E-state index contributed by atoms with van der Waals surface area (Å²) in [5.41, 5.74) is 0. The second-order valence-electron chi connectivity index (χ2n) is 6.23. The molecule has 2 bridgehead atoms. The van der Waals surface area contributed by atoms with Gasteiger partial charge in [-0.15, -0.1) is 0 Å². The van der Waals surface area contributed by atoms with Gasteiger partial charge in [-0.2, -0.15) is 0 Å². The maximum Gasteiger partial charge on any atom is 0.317 e. The smallest absolute Gasteiger partial charge is 0.317 e. The normalized spacial score (nSPS) is 37.5. The number of hydrogen-bond acceptors (Lipinski definition) is 3. The van der Waals surface area contributed by atoms with Crippen molar-refractivity contribution in [1.29, 1.82) is 0 Å². The molecule has 0 spiro atoms. The van der Waals surface area contributed by atoms with Crippen LogP contribution < -0.4 is 5.32 Å². The molecular formula is C14H22N2O4. The molecule has 0 aromatic rings. The monoisotopic (exact) mass is 282 g/mol. The highest BCUT2D eigenvalue weighted by atomic mass is 16.5. The fourth-order valence-corrected chi connectivity index (χ4v) is 4.49. The van der Waals surface area contributed by atoms with Gasteiger partial charge in [0.05, 0.1) is 12.1 Å². The highest BCUT2D eigenvalue weighted by Crippen LogP contribution is 2.55. The van der Waals surface area contributed by atoms with Gasteiger partial charge in [-0.05, 0) is 37.0 Å². The summed E-state index contributed by atoms with van der Waals surface area (Å²) in [6.45, 7) is 1.25. The average Bonchev–Trinajstić information content (AvgIpc) is 3.01. The molecule has 2 N–H and O–H groups in total. The zero-order valence-corrected chi connectivity index (χ0v) is 11.7. The van der Waals surface area contributed by atoms with Crippen LogP contribution in [-0.4, -0.2) is 54.4 Å². The Balaban J connectivity index is 1.55. The topological polar surface area (TPSA) is 78.9 Å². The number of ether oxygens (including phenoxy) is 1. The van der Waals surface area contributed by atoms with Gasteiger partial charge in [-0.3, -0.25) is 4.79 Å². The Morgan fingerprint density at radius 3 is 2.85 bits per heavy atom. The first kappa shape index (κ1) is 13.7. The molecule has 3 aliphatic rings. The number of nitrogens with zero attached hydrogens (tertiary/aromatic N) is 1. The van der Waals surface area contributed by atoms with Crippen LogP contribution in [0.1, 0.15) is 25.7 Å². The predicted octanol–water partition coefficient (Wildman–Crippen LogP) is 0.916. The van der Waals surface area contributed by atoms with Crippen LogP contribution in [0.15, 0.2) is 0 Å². The summed E-state index contributed by atoms with van der Waals surface area (Å²) in [5, 5.41) is 11.4. The van der Waals surface area contributed by atoms with Gasteiger partial charge in [0.1, 0.15) is 0 Å². The number of carboxylic acids is 1. The second kappa shape index (κ2) is 5.24. The average molecular weight is 282 g/mol. The molecule has 2 aliphatic carbocycles. The lowest BCUT2D eigenvalue weighted by molar-refractivity contribution is -0.137. The summed E-state index contributed by atoms with van der Waals surface area (Å²) in [4.78, 5) is 24.6. The summed E-state index contributed by atoms with van der Waals surface area (Å²) < 4.78 is 5.61. The van der Waals surface area contributed by atoms with E-state index in [1.807, 2.05) is 4.90 Å². The molecule has 1 saturated heterocycles. The van der Waals surface area contributed by atoms with Gasteiger partial charge >= 0.3 is 12.0 Å². The quantitative estimate of drug-likeness (QED) is 0.735. The van der Waals surface area contributed by atoms with Crippen LogP contribution in [0.25, 0.3) is 0 Å². The summed E-state index contributed by atoms with van der Waals surface area (Å²) >= 11 is 0. The molecule has 112 valence electrons. The van der Waals surface area contributed by atoms with Crippen LogP contribution in [0, 0.1) is 17.8 Å². The highest BCUT2D eigenvalue weighted by molar-refractivity contribution is 5.75. The maximum absolute atomic E-state index is 12.3. The number of amides is 2. The fraction of sp³-hybridized carbons (Fsp3) is 0.857. The van der Waals surface area contributed by atoms with E-state index in [1.165, 1.54) is 12.8 Å². The van der Waals surface area contributed by atoms with Crippen LogP contribution in [-0.2, 0) is 9.53 Å². The van der Waals surface area contributed by atoms with Crippen LogP contribution in [0.2, 0.25) is 0 Å². The number of carboxylic acid groups (broad SMARTS) is 1. The number of urea groups is 1. The molecular weight excluding hydrogens is 260 g/mol. The van der Waals surface area contributed by atoms with E-state index in [9.17, 15) is 9.59 Å². The molecule has 0 aromatic heterocycles. The van der Waals surface area contributed by atoms with Gasteiger partial charge in [0.2, 0.25) is 0 Å². The minimum atomic E-state index is -0.823. The molecule has 6 heteroatoms. The molecule has 3 rings (SSSR count). The number of methoxy groups -OCH3 is 1. The third-order valence-electron chi connectivity index (χ3n) is 5.19. The van der Waals surface area contributed by atoms with Crippen LogP contribution in [0.4, 0.5) is 4.79 Å². The number of carbonyl (C=O) groups is 2. The van der Waals surface area contributed by atoms with Crippen molar-refractivity contribution in [2.45, 2.75) is 37.8 Å². The molecule has 0 unspecified atom stereocenters. The maximum atomic E-state index is 12.3. The van der Waals surface area contributed by atoms with Crippen molar-refractivity contribution in [3.8, 4) is 0 Å². The van der Waals surface area contributed by atoms with E-state index in [-0.39, 0.29) is 24.6 Å². The first-order chi connectivity index (χ1) is 9.61. The summed E-state index contributed by atoms with van der Waals surface area (Å²) in [6.07, 6.45) is 3.13. The Bertz CT molecular complexity index is 412.